The van der Waals surface area contributed by atoms with E-state index in [1.807, 2.05) is 19.1 Å². The van der Waals surface area contributed by atoms with Crippen LogP contribution in [0, 0.1) is 6.92 Å². The Morgan fingerprint density at radius 2 is 2.23 bits per heavy atom. The van der Waals surface area contributed by atoms with Crippen LogP contribution in [0.2, 0.25) is 0 Å². The van der Waals surface area contributed by atoms with Crippen molar-refractivity contribution >= 4 is 12.4 Å². The Balaban J connectivity index is 2.83. The van der Waals surface area contributed by atoms with Gasteiger partial charge in [-0.25, -0.2) is 0 Å². The largest absolute Gasteiger partial charge is 0.507 e. The molecule has 0 heterocycles. The molecule has 0 saturated carbocycles. The van der Waals surface area contributed by atoms with Crippen LogP contribution in [0.1, 0.15) is 17.5 Å². The molecule has 0 aliphatic heterocycles. The second-order valence-electron chi connectivity index (χ2n) is 2.87. The van der Waals surface area contributed by atoms with Crippen LogP contribution in [-0.2, 0) is 4.79 Å². The maximum atomic E-state index is 10.0. The van der Waals surface area contributed by atoms with Crippen molar-refractivity contribution in [3.8, 4) is 5.75 Å². The normalized spacial score (nSPS) is 10.5. The summed E-state index contributed by atoms with van der Waals surface area (Å²) >= 11 is 0. The van der Waals surface area contributed by atoms with E-state index >= 15 is 0 Å². The zero-order valence-corrected chi connectivity index (χ0v) is 7.53. The quantitative estimate of drug-likeness (QED) is 0.717. The Hall–Kier alpha value is -1.57. The van der Waals surface area contributed by atoms with E-state index in [9.17, 15) is 9.90 Å². The summed E-state index contributed by atoms with van der Waals surface area (Å²) in [4.78, 5) is 10.0. The van der Waals surface area contributed by atoms with Gasteiger partial charge in [0.05, 0.1) is 0 Å². The minimum Gasteiger partial charge on any atom is -0.507 e. The summed E-state index contributed by atoms with van der Waals surface area (Å²) in [5, 5.41) is 9.45. The maximum absolute atomic E-state index is 10.0. The highest BCUT2D eigenvalue weighted by Gasteiger charge is 1.95. The van der Waals surface area contributed by atoms with E-state index in [1.165, 1.54) is 0 Å². The van der Waals surface area contributed by atoms with Gasteiger partial charge in [-0.05, 0) is 18.6 Å². The molecule has 0 amide bonds. The predicted molar refractivity (Wildman–Crippen MR) is 52.6 cm³/mol. The lowest BCUT2D eigenvalue weighted by atomic mass is 10.1. The minimum absolute atomic E-state index is 0.252. The molecular weight excluding hydrogens is 164 g/mol. The Bertz CT molecular complexity index is 327. The van der Waals surface area contributed by atoms with E-state index in [1.54, 1.807) is 18.2 Å². The van der Waals surface area contributed by atoms with Crippen molar-refractivity contribution in [2.75, 3.05) is 0 Å². The van der Waals surface area contributed by atoms with E-state index < -0.39 is 0 Å². The summed E-state index contributed by atoms with van der Waals surface area (Å²) < 4.78 is 0. The van der Waals surface area contributed by atoms with Crippen molar-refractivity contribution in [1.29, 1.82) is 0 Å². The number of phenols is 1. The van der Waals surface area contributed by atoms with Gasteiger partial charge < -0.3 is 9.90 Å². The van der Waals surface area contributed by atoms with Gasteiger partial charge in [0.1, 0.15) is 12.0 Å². The molecule has 0 spiro atoms. The summed E-state index contributed by atoms with van der Waals surface area (Å²) in [6.45, 7) is 1.92. The van der Waals surface area contributed by atoms with Crippen LogP contribution in [0.4, 0.5) is 0 Å². The van der Waals surface area contributed by atoms with E-state index in [2.05, 4.69) is 0 Å². The highest BCUT2D eigenvalue weighted by Crippen LogP contribution is 2.19. The first kappa shape index (κ1) is 9.52. The zero-order chi connectivity index (χ0) is 9.68. The van der Waals surface area contributed by atoms with Crippen LogP contribution >= 0.6 is 0 Å². The number of hydrogen-bond donors (Lipinski definition) is 1. The van der Waals surface area contributed by atoms with Crippen LogP contribution in [0.5, 0.6) is 5.75 Å². The average Bonchev–Trinajstić information content (AvgIpc) is 2.09. The van der Waals surface area contributed by atoms with Gasteiger partial charge in [-0.3, -0.25) is 0 Å². The molecule has 2 nitrogen and oxygen atoms in total. The fourth-order valence-corrected chi connectivity index (χ4v) is 1.05. The Morgan fingerprint density at radius 1 is 1.46 bits per heavy atom. The molecule has 0 radical (unpaired) electrons. The topological polar surface area (TPSA) is 37.3 Å². The maximum Gasteiger partial charge on any atom is 0.123 e. The standard InChI is InChI=1S/C11H12O2/c1-9-5-6-10(11(13)8-9)4-2-3-7-12/h2,4-8,13H,3H2,1H3. The molecule has 1 N–H and O–H groups in total. The van der Waals surface area contributed by atoms with E-state index in [-0.39, 0.29) is 5.75 Å². The number of allylic oxidation sites excluding steroid dienone is 1. The van der Waals surface area contributed by atoms with Gasteiger partial charge >= 0.3 is 0 Å². The molecule has 1 rings (SSSR count). The van der Waals surface area contributed by atoms with Crippen molar-refractivity contribution in [3.63, 3.8) is 0 Å². The van der Waals surface area contributed by atoms with Crippen molar-refractivity contribution in [3.05, 3.63) is 35.4 Å². The van der Waals surface area contributed by atoms with Crippen LogP contribution in [-0.4, -0.2) is 11.4 Å². The lowest BCUT2D eigenvalue weighted by molar-refractivity contribution is -0.107. The van der Waals surface area contributed by atoms with Gasteiger partial charge in [-0.1, -0.05) is 24.3 Å². The number of hydrogen-bond acceptors (Lipinski definition) is 2. The molecule has 68 valence electrons. The molecule has 1 aromatic rings. The van der Waals surface area contributed by atoms with Gasteiger partial charge in [0.25, 0.3) is 0 Å². The molecule has 13 heavy (non-hydrogen) atoms. The molecule has 0 saturated heterocycles. The van der Waals surface area contributed by atoms with Crippen molar-refractivity contribution in [1.82, 2.24) is 0 Å². The SMILES string of the molecule is Cc1ccc(C=CCC=O)c(O)c1. The molecule has 1 aromatic carbocycles. The van der Waals surface area contributed by atoms with Gasteiger partial charge in [-0.2, -0.15) is 0 Å². The number of aryl methyl sites for hydroxylation is 1. The third-order valence-electron chi connectivity index (χ3n) is 1.72. The fraction of sp³-hybridized carbons (Fsp3) is 0.182. The third kappa shape index (κ3) is 2.75. The molecule has 0 aliphatic rings. The molecular formula is C11H12O2. The fourth-order valence-electron chi connectivity index (χ4n) is 1.05. The summed E-state index contributed by atoms with van der Waals surface area (Å²) in [6.07, 6.45) is 4.66. The summed E-state index contributed by atoms with van der Waals surface area (Å²) in [6, 6.07) is 5.44. The smallest absolute Gasteiger partial charge is 0.123 e. The van der Waals surface area contributed by atoms with Crippen molar-refractivity contribution < 1.29 is 9.90 Å². The Morgan fingerprint density at radius 3 is 2.85 bits per heavy atom. The van der Waals surface area contributed by atoms with Crippen molar-refractivity contribution in [2.24, 2.45) is 0 Å². The summed E-state index contributed by atoms with van der Waals surface area (Å²) in [5.41, 5.74) is 1.76. The Labute approximate surface area is 77.5 Å². The van der Waals surface area contributed by atoms with Gasteiger partial charge in [0, 0.05) is 12.0 Å². The lowest BCUT2D eigenvalue weighted by Gasteiger charge is -1.99. The monoisotopic (exact) mass is 176 g/mol. The molecule has 0 bridgehead atoms. The number of rotatable bonds is 3. The van der Waals surface area contributed by atoms with Gasteiger partial charge in [0.15, 0.2) is 0 Å². The second kappa shape index (κ2) is 4.45. The van der Waals surface area contributed by atoms with Gasteiger partial charge in [-0.15, -0.1) is 0 Å². The molecule has 2 heteroatoms. The number of aromatic hydroxyl groups is 1. The van der Waals surface area contributed by atoms with Crippen molar-refractivity contribution in [2.45, 2.75) is 13.3 Å². The van der Waals surface area contributed by atoms with E-state index in [0.29, 0.717) is 6.42 Å². The molecule has 0 fully saturated rings. The number of aldehydes is 1. The van der Waals surface area contributed by atoms with Gasteiger partial charge in [0.2, 0.25) is 0 Å². The number of carbonyl (C=O) groups is 1. The Kier molecular flexibility index (Phi) is 3.26. The van der Waals surface area contributed by atoms with E-state index in [4.69, 9.17) is 0 Å². The lowest BCUT2D eigenvalue weighted by Crippen LogP contribution is -1.77. The highest BCUT2D eigenvalue weighted by atomic mass is 16.3. The molecule has 0 aromatic heterocycles. The number of benzene rings is 1. The van der Waals surface area contributed by atoms with Crippen LogP contribution in [0.25, 0.3) is 6.08 Å². The number of carbonyl (C=O) groups excluding carboxylic acids is 1. The third-order valence-corrected chi connectivity index (χ3v) is 1.72. The second-order valence-corrected chi connectivity index (χ2v) is 2.87. The van der Waals surface area contributed by atoms with E-state index in [0.717, 1.165) is 17.4 Å². The highest BCUT2D eigenvalue weighted by molar-refractivity contribution is 5.61. The first-order valence-electron chi connectivity index (χ1n) is 4.14. The summed E-state index contributed by atoms with van der Waals surface area (Å²) in [5.74, 6) is 0.252. The van der Waals surface area contributed by atoms with Crippen LogP contribution in [0.3, 0.4) is 0 Å². The first-order chi connectivity index (χ1) is 6.24. The average molecular weight is 176 g/mol. The van der Waals surface area contributed by atoms with Crippen LogP contribution < -0.4 is 0 Å². The molecule has 0 aliphatic carbocycles. The summed E-state index contributed by atoms with van der Waals surface area (Å²) in [7, 11) is 0. The molecule has 0 unspecified atom stereocenters. The molecule has 0 atom stereocenters. The minimum atomic E-state index is 0.252. The first-order valence-corrected chi connectivity index (χ1v) is 4.14. The zero-order valence-electron chi connectivity index (χ0n) is 7.53. The number of phenolic OH excluding ortho intramolecular Hbond substituents is 1. The predicted octanol–water partition coefficient (Wildman–Crippen LogP) is 2.30. The van der Waals surface area contributed by atoms with Crippen LogP contribution in [0.15, 0.2) is 24.3 Å².